The summed E-state index contributed by atoms with van der Waals surface area (Å²) in [5.74, 6) is -0.390. The molecule has 0 aromatic heterocycles. The number of anilines is 1. The molecule has 0 aliphatic rings. The minimum atomic E-state index is -3.81. The van der Waals surface area contributed by atoms with Crippen molar-refractivity contribution >= 4 is 38.6 Å². The number of benzene rings is 2. The number of thioether (sulfide) groups is 1. The molecular weight excluding hydrogens is 402 g/mol. The highest BCUT2D eigenvalue weighted by atomic mass is 32.2. The topological polar surface area (TPSA) is 105 Å². The first-order chi connectivity index (χ1) is 13.2. The maximum absolute atomic E-state index is 12.7. The molecule has 0 radical (unpaired) electrons. The fraction of sp³-hybridized carbons (Fsp3) is 0.222. The number of hydrogen-bond acceptors (Lipinski definition) is 6. The van der Waals surface area contributed by atoms with Gasteiger partial charge in [0.05, 0.1) is 12.8 Å². The lowest BCUT2D eigenvalue weighted by molar-refractivity contribution is 0.102. The Hall–Kier alpha value is -2.56. The molecule has 2 aromatic rings. The summed E-state index contributed by atoms with van der Waals surface area (Å²) in [6.45, 7) is 0. The minimum Gasteiger partial charge on any atom is -0.495 e. The van der Waals surface area contributed by atoms with Gasteiger partial charge in [0.1, 0.15) is 10.6 Å². The average molecular weight is 424 g/mol. The molecule has 0 atom stereocenters. The van der Waals surface area contributed by atoms with Crippen LogP contribution in [-0.4, -0.2) is 52.7 Å². The smallest absolute Gasteiger partial charge is 0.286 e. The molecule has 0 aliphatic heterocycles. The van der Waals surface area contributed by atoms with Crippen molar-refractivity contribution in [3.63, 3.8) is 0 Å². The molecule has 0 saturated heterocycles. The van der Waals surface area contributed by atoms with Crippen molar-refractivity contribution < 1.29 is 22.7 Å². The normalized spacial score (nSPS) is 11.0. The quantitative estimate of drug-likeness (QED) is 0.692. The lowest BCUT2D eigenvalue weighted by atomic mass is 10.2. The van der Waals surface area contributed by atoms with Gasteiger partial charge in [-0.2, -0.15) is 0 Å². The van der Waals surface area contributed by atoms with Gasteiger partial charge >= 0.3 is 0 Å². The Labute approximate surface area is 168 Å². The molecule has 2 aromatic carbocycles. The number of nitrogens with one attached hydrogen (secondary N) is 2. The SMILES string of the molecule is CNS(=O)(=O)c1cc(C(=O)Nc2ccccc2SC(=O)N(C)C)ccc1OC. The second kappa shape index (κ2) is 9.09. The predicted octanol–water partition coefficient (Wildman–Crippen LogP) is 2.63. The van der Waals surface area contributed by atoms with Crippen molar-refractivity contribution in [2.75, 3.05) is 33.6 Å². The number of carbonyl (C=O) groups is 2. The van der Waals surface area contributed by atoms with Crippen molar-refractivity contribution in [3.8, 4) is 5.75 Å². The van der Waals surface area contributed by atoms with Crippen LogP contribution >= 0.6 is 11.8 Å². The van der Waals surface area contributed by atoms with Crippen molar-refractivity contribution in [1.82, 2.24) is 9.62 Å². The molecule has 0 spiro atoms. The Morgan fingerprint density at radius 1 is 1.11 bits per heavy atom. The number of amides is 2. The highest BCUT2D eigenvalue weighted by molar-refractivity contribution is 8.13. The Bertz CT molecular complexity index is 990. The fourth-order valence-electron chi connectivity index (χ4n) is 2.18. The highest BCUT2D eigenvalue weighted by Crippen LogP contribution is 2.30. The standard InChI is InChI=1S/C18H21N3O5S2/c1-19-28(24,25)16-11-12(9-10-14(16)26-4)17(22)20-13-7-5-6-8-15(13)27-18(23)21(2)3/h5-11,19H,1-4H3,(H,20,22). The van der Waals surface area contributed by atoms with E-state index in [0.717, 1.165) is 11.8 Å². The summed E-state index contributed by atoms with van der Waals surface area (Å²) in [5.41, 5.74) is 0.579. The van der Waals surface area contributed by atoms with Crippen LogP contribution in [0.4, 0.5) is 10.5 Å². The summed E-state index contributed by atoms with van der Waals surface area (Å²) in [6, 6.07) is 11.0. The largest absolute Gasteiger partial charge is 0.495 e. The molecule has 2 amide bonds. The van der Waals surface area contributed by atoms with Crippen LogP contribution in [0.2, 0.25) is 0 Å². The monoisotopic (exact) mass is 423 g/mol. The van der Waals surface area contributed by atoms with Gasteiger partial charge in [-0.25, -0.2) is 13.1 Å². The fourth-order valence-corrected chi connectivity index (χ4v) is 3.84. The van der Waals surface area contributed by atoms with Crippen LogP contribution in [0.25, 0.3) is 0 Å². The molecule has 0 bridgehead atoms. The van der Waals surface area contributed by atoms with Gasteiger partial charge in [0.25, 0.3) is 11.1 Å². The van der Waals surface area contributed by atoms with Gasteiger partial charge in [0.15, 0.2) is 0 Å². The summed E-state index contributed by atoms with van der Waals surface area (Å²) in [7, 11) is 2.08. The predicted molar refractivity (Wildman–Crippen MR) is 109 cm³/mol. The van der Waals surface area contributed by atoms with E-state index in [1.807, 2.05) is 0 Å². The van der Waals surface area contributed by atoms with Crippen LogP contribution in [-0.2, 0) is 10.0 Å². The van der Waals surface area contributed by atoms with E-state index in [-0.39, 0.29) is 21.4 Å². The van der Waals surface area contributed by atoms with Crippen LogP contribution in [0, 0.1) is 0 Å². The molecule has 150 valence electrons. The summed E-state index contributed by atoms with van der Waals surface area (Å²) >= 11 is 0.979. The van der Waals surface area contributed by atoms with Gasteiger partial charge < -0.3 is 15.0 Å². The third-order valence-electron chi connectivity index (χ3n) is 3.68. The van der Waals surface area contributed by atoms with Gasteiger partial charge in [0, 0.05) is 24.6 Å². The van der Waals surface area contributed by atoms with Crippen molar-refractivity contribution in [3.05, 3.63) is 48.0 Å². The average Bonchev–Trinajstić information content (AvgIpc) is 2.68. The van der Waals surface area contributed by atoms with E-state index in [2.05, 4.69) is 10.0 Å². The van der Waals surface area contributed by atoms with E-state index < -0.39 is 15.9 Å². The van der Waals surface area contributed by atoms with Crippen LogP contribution in [0.3, 0.4) is 0 Å². The molecule has 0 unspecified atom stereocenters. The first-order valence-corrected chi connectivity index (χ1v) is 10.4. The maximum Gasteiger partial charge on any atom is 0.286 e. The van der Waals surface area contributed by atoms with E-state index in [4.69, 9.17) is 4.74 Å². The zero-order valence-electron chi connectivity index (χ0n) is 15.8. The lowest BCUT2D eigenvalue weighted by Crippen LogP contribution is -2.21. The van der Waals surface area contributed by atoms with Gasteiger partial charge in [-0.3, -0.25) is 9.59 Å². The summed E-state index contributed by atoms with van der Waals surface area (Å²) in [5, 5.41) is 2.53. The first kappa shape index (κ1) is 21.7. The molecule has 2 N–H and O–H groups in total. The van der Waals surface area contributed by atoms with Crippen molar-refractivity contribution in [2.24, 2.45) is 0 Å². The lowest BCUT2D eigenvalue weighted by Gasteiger charge is -2.14. The molecule has 0 heterocycles. The molecule has 28 heavy (non-hydrogen) atoms. The van der Waals surface area contributed by atoms with Gasteiger partial charge in [-0.15, -0.1) is 0 Å². The Kier molecular flexibility index (Phi) is 7.05. The Balaban J connectivity index is 2.34. The zero-order valence-corrected chi connectivity index (χ0v) is 17.5. The number of carbonyl (C=O) groups excluding carboxylic acids is 2. The molecule has 0 aliphatic carbocycles. The van der Waals surface area contributed by atoms with Crippen LogP contribution in [0.15, 0.2) is 52.3 Å². The van der Waals surface area contributed by atoms with Crippen LogP contribution < -0.4 is 14.8 Å². The third kappa shape index (κ3) is 5.03. The Morgan fingerprint density at radius 3 is 2.39 bits per heavy atom. The zero-order chi connectivity index (χ0) is 20.9. The van der Waals surface area contributed by atoms with Crippen LogP contribution in [0.5, 0.6) is 5.75 Å². The number of rotatable bonds is 6. The maximum atomic E-state index is 12.7. The van der Waals surface area contributed by atoms with E-state index in [1.165, 1.54) is 37.3 Å². The van der Waals surface area contributed by atoms with Gasteiger partial charge in [0.2, 0.25) is 10.0 Å². The van der Waals surface area contributed by atoms with E-state index in [9.17, 15) is 18.0 Å². The van der Waals surface area contributed by atoms with E-state index in [1.54, 1.807) is 38.4 Å². The number of methoxy groups -OCH3 is 1. The number of para-hydroxylation sites is 1. The third-order valence-corrected chi connectivity index (χ3v) is 6.23. The van der Waals surface area contributed by atoms with E-state index in [0.29, 0.717) is 10.6 Å². The van der Waals surface area contributed by atoms with Crippen molar-refractivity contribution in [1.29, 1.82) is 0 Å². The van der Waals surface area contributed by atoms with Crippen molar-refractivity contribution in [2.45, 2.75) is 9.79 Å². The second-order valence-corrected chi connectivity index (χ2v) is 8.63. The number of nitrogens with zero attached hydrogens (tertiary/aromatic N) is 1. The second-order valence-electron chi connectivity index (χ2n) is 5.79. The summed E-state index contributed by atoms with van der Waals surface area (Å²) in [6.07, 6.45) is 0. The van der Waals surface area contributed by atoms with E-state index >= 15 is 0 Å². The van der Waals surface area contributed by atoms with Gasteiger partial charge in [-0.05, 0) is 49.1 Å². The molecular formula is C18H21N3O5S2. The molecule has 0 fully saturated rings. The molecule has 8 nitrogen and oxygen atoms in total. The highest BCUT2D eigenvalue weighted by Gasteiger charge is 2.21. The van der Waals surface area contributed by atoms with Crippen LogP contribution in [0.1, 0.15) is 10.4 Å². The van der Waals surface area contributed by atoms with Gasteiger partial charge in [-0.1, -0.05) is 12.1 Å². The number of hydrogen-bond donors (Lipinski definition) is 2. The minimum absolute atomic E-state index is 0.124. The number of sulfonamides is 1. The molecule has 10 heteroatoms. The molecule has 0 saturated carbocycles. The summed E-state index contributed by atoms with van der Waals surface area (Å²) < 4.78 is 31.6. The Morgan fingerprint density at radius 2 is 1.79 bits per heavy atom. The molecule has 2 rings (SSSR count). The summed E-state index contributed by atoms with van der Waals surface area (Å²) in [4.78, 5) is 26.5. The first-order valence-electron chi connectivity index (χ1n) is 8.10. The number of ether oxygens (including phenoxy) is 1.